The van der Waals surface area contributed by atoms with Gasteiger partial charge in [-0.2, -0.15) is 0 Å². The molecule has 1 heterocycles. The number of fused-ring (bicyclic) bond motifs is 1. The second-order valence-corrected chi connectivity index (χ2v) is 2.47. The van der Waals surface area contributed by atoms with Crippen LogP contribution in [0.5, 0.6) is 0 Å². The molecule has 0 aliphatic carbocycles. The van der Waals surface area contributed by atoms with Crippen molar-refractivity contribution >= 4 is 22.5 Å². The zero-order valence-electron chi connectivity index (χ0n) is 5.19. The van der Waals surface area contributed by atoms with E-state index in [2.05, 4.69) is 11.1 Å². The molecule has 10 heavy (non-hydrogen) atoms. The Morgan fingerprint density at radius 2 is 2.30 bits per heavy atom. The highest BCUT2D eigenvalue weighted by molar-refractivity contribution is 6.35. The molecular weight excluding hydrogens is 146 g/mol. The molecule has 0 unspecified atom stereocenters. The normalized spacial score (nSPS) is 10.5. The van der Waals surface area contributed by atoms with E-state index in [1.165, 1.54) is 0 Å². The molecule has 0 spiro atoms. The summed E-state index contributed by atoms with van der Waals surface area (Å²) in [5.41, 5.74) is 1.06. The van der Waals surface area contributed by atoms with Crippen molar-refractivity contribution in [3.8, 4) is 0 Å². The average Bonchev–Trinajstić information content (AvgIpc) is 2.36. The minimum absolute atomic E-state index is 0.679. The Hall–Kier alpha value is -0.950. The first-order chi connectivity index (χ1) is 4.88. The van der Waals surface area contributed by atoms with Crippen LogP contribution in [0.3, 0.4) is 0 Å². The number of H-pyrrole nitrogens is 1. The van der Waals surface area contributed by atoms with Gasteiger partial charge in [0.15, 0.2) is 0 Å². The highest BCUT2D eigenvalue weighted by atomic mass is 35.5. The lowest BCUT2D eigenvalue weighted by molar-refractivity contribution is 1.48. The van der Waals surface area contributed by atoms with Crippen LogP contribution >= 0.6 is 11.6 Å². The molecule has 1 aromatic heterocycles. The number of benzene rings is 1. The van der Waals surface area contributed by atoms with Crippen molar-refractivity contribution < 1.29 is 0 Å². The Labute approximate surface area is 63.6 Å². The van der Waals surface area contributed by atoms with Crippen molar-refractivity contribution in [1.29, 1.82) is 0 Å². The molecule has 0 aliphatic rings. The Morgan fingerprint density at radius 1 is 1.40 bits per heavy atom. The smallest absolute Gasteiger partial charge is 0.0578 e. The Morgan fingerprint density at radius 3 is 3.10 bits per heavy atom. The monoisotopic (exact) mass is 150 g/mol. The lowest BCUT2D eigenvalue weighted by atomic mass is 10.2. The summed E-state index contributed by atoms with van der Waals surface area (Å²) in [5.74, 6) is 0. The van der Waals surface area contributed by atoms with E-state index in [9.17, 15) is 0 Å². The molecule has 0 amide bonds. The summed E-state index contributed by atoms with van der Waals surface area (Å²) in [7, 11) is 0. The molecule has 1 radical (unpaired) electrons. The summed E-state index contributed by atoms with van der Waals surface area (Å²) >= 11 is 5.82. The van der Waals surface area contributed by atoms with Crippen LogP contribution in [0.15, 0.2) is 24.4 Å². The molecule has 1 nitrogen and oxygen atoms in total. The topological polar surface area (TPSA) is 15.8 Å². The molecule has 1 aromatic carbocycles. The summed E-state index contributed by atoms with van der Waals surface area (Å²) in [5, 5.41) is 1.71. The average molecular weight is 151 g/mol. The second kappa shape index (κ2) is 2.03. The van der Waals surface area contributed by atoms with Crippen molar-refractivity contribution in [2.45, 2.75) is 0 Å². The molecule has 0 saturated carbocycles. The number of hydrogen-bond donors (Lipinski definition) is 1. The molecule has 49 valence electrons. The third-order valence-corrected chi connectivity index (χ3v) is 1.79. The van der Waals surface area contributed by atoms with Gasteiger partial charge in [0, 0.05) is 23.2 Å². The Kier molecular flexibility index (Phi) is 1.18. The molecule has 0 atom stereocenters. The van der Waals surface area contributed by atoms with E-state index in [1.807, 2.05) is 18.3 Å². The largest absolute Gasteiger partial charge is 0.361 e. The van der Waals surface area contributed by atoms with Gasteiger partial charge >= 0.3 is 0 Å². The predicted octanol–water partition coefficient (Wildman–Crippen LogP) is 2.62. The first-order valence-corrected chi connectivity index (χ1v) is 3.39. The van der Waals surface area contributed by atoms with Crippen molar-refractivity contribution in [3.63, 3.8) is 0 Å². The molecule has 0 bridgehead atoms. The van der Waals surface area contributed by atoms with Crippen LogP contribution in [0.25, 0.3) is 10.9 Å². The van der Waals surface area contributed by atoms with Crippen LogP contribution in [0.2, 0.25) is 5.02 Å². The second-order valence-electron chi connectivity index (χ2n) is 2.10. The third-order valence-electron chi connectivity index (χ3n) is 1.48. The van der Waals surface area contributed by atoms with Gasteiger partial charge in [-0.25, -0.2) is 0 Å². The fourth-order valence-corrected chi connectivity index (χ4v) is 1.22. The number of nitrogens with one attached hydrogen (secondary N) is 1. The van der Waals surface area contributed by atoms with Gasteiger partial charge < -0.3 is 4.98 Å². The van der Waals surface area contributed by atoms with Crippen LogP contribution in [0.1, 0.15) is 0 Å². The van der Waals surface area contributed by atoms with E-state index >= 15 is 0 Å². The fraction of sp³-hybridized carbons (Fsp3) is 0. The van der Waals surface area contributed by atoms with Gasteiger partial charge in [0.05, 0.1) is 5.02 Å². The van der Waals surface area contributed by atoms with Crippen molar-refractivity contribution in [2.24, 2.45) is 0 Å². The van der Waals surface area contributed by atoms with Crippen molar-refractivity contribution in [1.82, 2.24) is 4.98 Å². The summed E-state index contributed by atoms with van der Waals surface area (Å²) in [6.45, 7) is 0. The van der Waals surface area contributed by atoms with E-state index in [0.717, 1.165) is 10.9 Å². The molecule has 2 rings (SSSR count). The van der Waals surface area contributed by atoms with E-state index in [-0.39, 0.29) is 0 Å². The third kappa shape index (κ3) is 0.711. The van der Waals surface area contributed by atoms with Crippen molar-refractivity contribution in [2.75, 3.05) is 0 Å². The summed E-state index contributed by atoms with van der Waals surface area (Å²) in [4.78, 5) is 3.06. The minimum Gasteiger partial charge on any atom is -0.361 e. The molecule has 0 saturated heterocycles. The maximum absolute atomic E-state index is 5.82. The lowest BCUT2D eigenvalue weighted by Crippen LogP contribution is -1.67. The van der Waals surface area contributed by atoms with Gasteiger partial charge in [-0.3, -0.25) is 0 Å². The summed E-state index contributed by atoms with van der Waals surface area (Å²) < 4.78 is 0. The van der Waals surface area contributed by atoms with Crippen LogP contribution in [-0.4, -0.2) is 4.98 Å². The highest BCUT2D eigenvalue weighted by Crippen LogP contribution is 2.20. The van der Waals surface area contributed by atoms with E-state index in [4.69, 9.17) is 11.6 Å². The number of hydrogen-bond acceptors (Lipinski definition) is 0. The molecule has 0 aliphatic heterocycles. The van der Waals surface area contributed by atoms with Gasteiger partial charge in [0.1, 0.15) is 0 Å². The van der Waals surface area contributed by atoms with E-state index in [1.54, 1.807) is 6.07 Å². The summed E-state index contributed by atoms with van der Waals surface area (Å²) in [6, 6.07) is 8.60. The Bertz CT molecular complexity index is 351. The standard InChI is InChI=1S/C8H5ClN/c9-7-2-1-3-8-6(7)4-5-10-8/h1,3-5,10H. The van der Waals surface area contributed by atoms with Gasteiger partial charge in [0.25, 0.3) is 0 Å². The Balaban J connectivity index is 2.95. The number of aromatic nitrogens is 1. The van der Waals surface area contributed by atoms with Gasteiger partial charge in [-0.1, -0.05) is 17.7 Å². The zero-order valence-corrected chi connectivity index (χ0v) is 5.94. The van der Waals surface area contributed by atoms with E-state index < -0.39 is 0 Å². The predicted molar refractivity (Wildman–Crippen MR) is 42.1 cm³/mol. The molecule has 1 N–H and O–H groups in total. The molecule has 2 aromatic rings. The van der Waals surface area contributed by atoms with Gasteiger partial charge in [-0.05, 0) is 12.1 Å². The number of aromatic amines is 1. The van der Waals surface area contributed by atoms with Crippen LogP contribution in [-0.2, 0) is 0 Å². The van der Waals surface area contributed by atoms with E-state index in [0.29, 0.717) is 5.02 Å². The fourth-order valence-electron chi connectivity index (χ4n) is 0.988. The molecule has 0 fully saturated rings. The molecule has 2 heteroatoms. The zero-order chi connectivity index (χ0) is 6.97. The maximum Gasteiger partial charge on any atom is 0.0578 e. The van der Waals surface area contributed by atoms with Gasteiger partial charge in [-0.15, -0.1) is 0 Å². The van der Waals surface area contributed by atoms with Crippen LogP contribution < -0.4 is 0 Å². The highest BCUT2D eigenvalue weighted by Gasteiger charge is 1.96. The number of halogens is 1. The van der Waals surface area contributed by atoms with Gasteiger partial charge in [0.2, 0.25) is 0 Å². The van der Waals surface area contributed by atoms with Crippen LogP contribution in [0.4, 0.5) is 0 Å². The van der Waals surface area contributed by atoms with Crippen molar-refractivity contribution in [3.05, 3.63) is 35.5 Å². The van der Waals surface area contributed by atoms with Crippen LogP contribution in [0, 0.1) is 6.07 Å². The minimum atomic E-state index is 0.679. The maximum atomic E-state index is 5.82. The first kappa shape index (κ1) is 5.81. The number of rotatable bonds is 0. The SMILES string of the molecule is Clc1[c]ccc2[nH]ccc12. The summed E-state index contributed by atoms with van der Waals surface area (Å²) in [6.07, 6.45) is 1.87. The first-order valence-electron chi connectivity index (χ1n) is 3.01. The lowest BCUT2D eigenvalue weighted by Gasteiger charge is -1.89. The molecular formula is C8H5ClN. The quantitative estimate of drug-likeness (QED) is 0.594.